The molecule has 4 rings (SSSR count). The number of hydrogen-bond donors (Lipinski definition) is 0. The van der Waals surface area contributed by atoms with E-state index >= 15 is 0 Å². The predicted molar refractivity (Wildman–Crippen MR) is 121 cm³/mol. The van der Waals surface area contributed by atoms with Crippen molar-refractivity contribution in [1.29, 1.82) is 0 Å². The summed E-state index contributed by atoms with van der Waals surface area (Å²) in [5, 5.41) is 0. The Labute approximate surface area is 178 Å². The van der Waals surface area contributed by atoms with Crippen molar-refractivity contribution in [2.24, 2.45) is 0 Å². The highest BCUT2D eigenvalue weighted by molar-refractivity contribution is 5.27. The molecule has 4 nitrogen and oxygen atoms in total. The highest BCUT2D eigenvalue weighted by Gasteiger charge is 2.26. The van der Waals surface area contributed by atoms with E-state index in [1.165, 1.54) is 103 Å². The fourth-order valence-corrected chi connectivity index (χ4v) is 5.34. The van der Waals surface area contributed by atoms with E-state index in [9.17, 15) is 0 Å². The lowest BCUT2D eigenvalue weighted by molar-refractivity contribution is 0.149. The lowest BCUT2D eigenvalue weighted by Gasteiger charge is -2.33. The SMILES string of the molecule is c1cc(OCCCN2CCCCC2)ccc1CN1CCCC1CN1CCCCC1. The molecule has 29 heavy (non-hydrogen) atoms. The van der Waals surface area contributed by atoms with Gasteiger partial charge < -0.3 is 14.5 Å². The summed E-state index contributed by atoms with van der Waals surface area (Å²) in [5.74, 6) is 1.03. The van der Waals surface area contributed by atoms with Crippen LogP contribution in [-0.2, 0) is 6.54 Å². The molecule has 162 valence electrons. The molecule has 1 aromatic rings. The summed E-state index contributed by atoms with van der Waals surface area (Å²) in [4.78, 5) is 8.00. The molecule has 0 aromatic heterocycles. The molecule has 3 saturated heterocycles. The normalized spacial score (nSPS) is 24.8. The van der Waals surface area contributed by atoms with Gasteiger partial charge in [-0.15, -0.1) is 0 Å². The molecule has 3 heterocycles. The average Bonchev–Trinajstić information content (AvgIpc) is 3.20. The van der Waals surface area contributed by atoms with Crippen LogP contribution in [0.5, 0.6) is 5.75 Å². The Hall–Kier alpha value is -1.10. The van der Waals surface area contributed by atoms with Crippen LogP contribution in [0.3, 0.4) is 0 Å². The molecule has 1 unspecified atom stereocenters. The van der Waals surface area contributed by atoms with Crippen LogP contribution in [0.1, 0.15) is 63.4 Å². The van der Waals surface area contributed by atoms with Gasteiger partial charge in [0.2, 0.25) is 0 Å². The Morgan fingerprint density at radius 3 is 2.17 bits per heavy atom. The third kappa shape index (κ3) is 6.70. The molecule has 4 heteroatoms. The summed E-state index contributed by atoms with van der Waals surface area (Å²) in [6, 6.07) is 9.64. The molecule has 0 N–H and O–H groups in total. The van der Waals surface area contributed by atoms with Crippen LogP contribution in [0.25, 0.3) is 0 Å². The molecule has 1 atom stereocenters. The zero-order valence-corrected chi connectivity index (χ0v) is 18.4. The first kappa shape index (κ1) is 21.1. The molecular weight excluding hydrogens is 358 g/mol. The van der Waals surface area contributed by atoms with E-state index in [0.717, 1.165) is 31.4 Å². The topological polar surface area (TPSA) is 19.0 Å². The highest BCUT2D eigenvalue weighted by Crippen LogP contribution is 2.23. The molecule has 0 aliphatic carbocycles. The number of benzene rings is 1. The van der Waals surface area contributed by atoms with Gasteiger partial charge in [-0.2, -0.15) is 0 Å². The second-order valence-corrected chi connectivity index (χ2v) is 9.38. The summed E-state index contributed by atoms with van der Waals surface area (Å²) in [6.07, 6.45) is 12.2. The Morgan fingerprint density at radius 2 is 1.45 bits per heavy atom. The van der Waals surface area contributed by atoms with Gasteiger partial charge in [0.25, 0.3) is 0 Å². The van der Waals surface area contributed by atoms with Crippen molar-refractivity contribution in [2.45, 2.75) is 70.4 Å². The average molecular weight is 400 g/mol. The Bertz CT molecular complexity index is 578. The van der Waals surface area contributed by atoms with Crippen LogP contribution in [0.4, 0.5) is 0 Å². The van der Waals surface area contributed by atoms with Gasteiger partial charge in [-0.3, -0.25) is 4.90 Å². The third-order valence-electron chi connectivity index (χ3n) is 7.06. The van der Waals surface area contributed by atoms with E-state index < -0.39 is 0 Å². The first-order valence-electron chi connectivity index (χ1n) is 12.3. The monoisotopic (exact) mass is 399 g/mol. The van der Waals surface area contributed by atoms with Crippen molar-refractivity contribution < 1.29 is 4.74 Å². The molecule has 0 spiro atoms. The zero-order chi connectivity index (χ0) is 19.7. The van der Waals surface area contributed by atoms with Gasteiger partial charge in [-0.1, -0.05) is 25.0 Å². The summed E-state index contributed by atoms with van der Waals surface area (Å²) in [5.41, 5.74) is 1.43. The quantitative estimate of drug-likeness (QED) is 0.573. The molecule has 1 aromatic carbocycles. The number of piperidine rings is 2. The maximum atomic E-state index is 6.00. The van der Waals surface area contributed by atoms with Crippen molar-refractivity contribution in [3.8, 4) is 5.75 Å². The Morgan fingerprint density at radius 1 is 0.759 bits per heavy atom. The minimum absolute atomic E-state index is 0.749. The fourth-order valence-electron chi connectivity index (χ4n) is 5.34. The maximum absolute atomic E-state index is 6.00. The van der Waals surface area contributed by atoms with E-state index in [4.69, 9.17) is 4.74 Å². The molecule has 3 fully saturated rings. The summed E-state index contributed by atoms with van der Waals surface area (Å²) in [6.45, 7) is 10.8. The lowest BCUT2D eigenvalue weighted by Crippen LogP contribution is -2.42. The van der Waals surface area contributed by atoms with Crippen LogP contribution >= 0.6 is 0 Å². The van der Waals surface area contributed by atoms with Crippen LogP contribution in [-0.4, -0.2) is 73.2 Å². The smallest absolute Gasteiger partial charge is 0.119 e. The lowest BCUT2D eigenvalue weighted by atomic mass is 10.1. The van der Waals surface area contributed by atoms with Gasteiger partial charge in [0.1, 0.15) is 5.75 Å². The molecule has 0 bridgehead atoms. The van der Waals surface area contributed by atoms with Crippen molar-refractivity contribution in [2.75, 3.05) is 52.4 Å². The van der Waals surface area contributed by atoms with Gasteiger partial charge in [0.05, 0.1) is 6.61 Å². The van der Waals surface area contributed by atoms with Crippen molar-refractivity contribution in [1.82, 2.24) is 14.7 Å². The zero-order valence-electron chi connectivity index (χ0n) is 18.4. The van der Waals surface area contributed by atoms with E-state index in [2.05, 4.69) is 39.0 Å². The van der Waals surface area contributed by atoms with Crippen LogP contribution in [0.2, 0.25) is 0 Å². The van der Waals surface area contributed by atoms with Crippen molar-refractivity contribution in [3.63, 3.8) is 0 Å². The Kier molecular flexibility index (Phi) is 8.26. The largest absolute Gasteiger partial charge is 0.494 e. The number of likely N-dealkylation sites (tertiary alicyclic amines) is 3. The van der Waals surface area contributed by atoms with Gasteiger partial charge >= 0.3 is 0 Å². The van der Waals surface area contributed by atoms with Crippen LogP contribution in [0, 0.1) is 0 Å². The molecule has 0 radical (unpaired) electrons. The molecule has 0 saturated carbocycles. The summed E-state index contributed by atoms with van der Waals surface area (Å²) < 4.78 is 6.00. The number of hydrogen-bond acceptors (Lipinski definition) is 4. The number of nitrogens with zero attached hydrogens (tertiary/aromatic N) is 3. The maximum Gasteiger partial charge on any atom is 0.119 e. The number of ether oxygens (including phenoxy) is 1. The number of rotatable bonds is 9. The van der Waals surface area contributed by atoms with Crippen molar-refractivity contribution in [3.05, 3.63) is 29.8 Å². The summed E-state index contributed by atoms with van der Waals surface area (Å²) in [7, 11) is 0. The highest BCUT2D eigenvalue weighted by atomic mass is 16.5. The fraction of sp³-hybridized carbons (Fsp3) is 0.760. The molecule has 3 aliphatic heterocycles. The molecule has 0 amide bonds. The van der Waals surface area contributed by atoms with Gasteiger partial charge in [-0.05, 0) is 95.4 Å². The Balaban J connectivity index is 1.17. The first-order valence-corrected chi connectivity index (χ1v) is 12.3. The minimum atomic E-state index is 0.749. The van der Waals surface area contributed by atoms with Gasteiger partial charge in [0.15, 0.2) is 0 Å². The van der Waals surface area contributed by atoms with E-state index in [-0.39, 0.29) is 0 Å². The van der Waals surface area contributed by atoms with Gasteiger partial charge in [-0.25, -0.2) is 0 Å². The van der Waals surface area contributed by atoms with Gasteiger partial charge in [0, 0.05) is 25.7 Å². The van der Waals surface area contributed by atoms with E-state index in [0.29, 0.717) is 0 Å². The van der Waals surface area contributed by atoms with E-state index in [1.807, 2.05) is 0 Å². The standard InChI is InChI=1S/C25H41N3O/c1-3-14-26(15-4-1)18-8-20-29-25-12-10-23(11-13-25)21-28-19-7-9-24(28)22-27-16-5-2-6-17-27/h10-13,24H,1-9,14-22H2. The molecule has 3 aliphatic rings. The minimum Gasteiger partial charge on any atom is -0.494 e. The molecular formula is C25H41N3O. The second kappa shape index (κ2) is 11.3. The first-order chi connectivity index (χ1) is 14.4. The van der Waals surface area contributed by atoms with E-state index in [1.54, 1.807) is 0 Å². The third-order valence-corrected chi connectivity index (χ3v) is 7.06. The van der Waals surface area contributed by atoms with Crippen LogP contribution in [0.15, 0.2) is 24.3 Å². The summed E-state index contributed by atoms with van der Waals surface area (Å²) >= 11 is 0. The second-order valence-electron chi connectivity index (χ2n) is 9.38. The predicted octanol–water partition coefficient (Wildman–Crippen LogP) is 4.39. The van der Waals surface area contributed by atoms with Crippen molar-refractivity contribution >= 4 is 0 Å². The van der Waals surface area contributed by atoms with Crippen LogP contribution < -0.4 is 4.74 Å².